The van der Waals surface area contributed by atoms with Crippen molar-refractivity contribution in [1.29, 1.82) is 0 Å². The quantitative estimate of drug-likeness (QED) is 0.562. The Hall–Kier alpha value is -1.90. The van der Waals surface area contributed by atoms with E-state index in [0.717, 1.165) is 0 Å². The first-order valence-electron chi connectivity index (χ1n) is 3.63. The molecule has 1 aromatic carbocycles. The van der Waals surface area contributed by atoms with E-state index < -0.39 is 5.97 Å². The van der Waals surface area contributed by atoms with Gasteiger partial charge in [-0.15, -0.1) is 0 Å². The molecule has 3 heteroatoms. The maximum Gasteiger partial charge on any atom is 0.335 e. The van der Waals surface area contributed by atoms with Crippen LogP contribution in [0.2, 0.25) is 0 Å². The number of aliphatic carboxylic acids is 1. The number of carboxylic acid groups (broad SMARTS) is 1. The zero-order chi connectivity index (χ0) is 9.84. The molecule has 0 heterocycles. The summed E-state index contributed by atoms with van der Waals surface area (Å²) in [5.41, 5.74) is 0.641. The maximum atomic E-state index is 10.6. The molecule has 0 unspecified atom stereocenters. The van der Waals surface area contributed by atoms with Crippen molar-refractivity contribution in [3.05, 3.63) is 42.0 Å². The normalized spacial score (nSPS) is 9.23. The zero-order valence-corrected chi connectivity index (χ0v) is 6.86. The highest BCUT2D eigenvalue weighted by Gasteiger charge is 2.10. The van der Waals surface area contributed by atoms with Crippen LogP contribution in [0.4, 0.5) is 0 Å². The summed E-state index contributed by atoms with van der Waals surface area (Å²) in [6.45, 7) is 3.37. The lowest BCUT2D eigenvalue weighted by Crippen LogP contribution is -2.00. The van der Waals surface area contributed by atoms with Crippen LogP contribution in [0, 0.1) is 0 Å². The van der Waals surface area contributed by atoms with Crippen LogP contribution in [0.15, 0.2) is 30.8 Å². The van der Waals surface area contributed by atoms with Gasteiger partial charge in [-0.2, -0.15) is 0 Å². The van der Waals surface area contributed by atoms with Crippen LogP contribution >= 0.6 is 0 Å². The monoisotopic (exact) mass is 176 g/mol. The summed E-state index contributed by atoms with van der Waals surface area (Å²) >= 11 is 0. The van der Waals surface area contributed by atoms with Crippen LogP contribution in [-0.4, -0.2) is 17.4 Å². The molecule has 0 amide bonds. The molecule has 0 radical (unpaired) electrons. The van der Waals surface area contributed by atoms with Crippen LogP contribution in [0.3, 0.4) is 0 Å². The Kier molecular flexibility index (Phi) is 2.59. The lowest BCUT2D eigenvalue weighted by atomic mass is 10.0. The summed E-state index contributed by atoms with van der Waals surface area (Å²) in [7, 11) is 0. The molecule has 1 rings (SSSR count). The third-order valence-electron chi connectivity index (χ3n) is 1.67. The van der Waals surface area contributed by atoms with E-state index in [4.69, 9.17) is 5.11 Å². The van der Waals surface area contributed by atoms with E-state index in [1.807, 2.05) is 0 Å². The molecule has 0 aromatic heterocycles. The molecule has 1 N–H and O–H groups in total. The van der Waals surface area contributed by atoms with Gasteiger partial charge in [-0.3, -0.25) is 4.79 Å². The van der Waals surface area contributed by atoms with Gasteiger partial charge in [0.25, 0.3) is 0 Å². The standard InChI is InChI=1S/C10H8O3/c1-7(10(12)13)9-5-3-2-4-8(9)6-11/h2-6H,1H2,(H,12,13). The minimum atomic E-state index is -1.12. The molecule has 0 atom stereocenters. The van der Waals surface area contributed by atoms with Crippen molar-refractivity contribution in [3.8, 4) is 0 Å². The van der Waals surface area contributed by atoms with E-state index in [1.165, 1.54) is 0 Å². The maximum absolute atomic E-state index is 10.6. The Bertz CT molecular complexity index is 366. The summed E-state index contributed by atoms with van der Waals surface area (Å²) in [4.78, 5) is 21.1. The summed E-state index contributed by atoms with van der Waals surface area (Å²) in [6.07, 6.45) is 0.615. The third-order valence-corrected chi connectivity index (χ3v) is 1.67. The van der Waals surface area contributed by atoms with Crippen LogP contribution < -0.4 is 0 Å². The fourth-order valence-electron chi connectivity index (χ4n) is 0.990. The van der Waals surface area contributed by atoms with Crippen LogP contribution in [0.5, 0.6) is 0 Å². The molecule has 0 fully saturated rings. The topological polar surface area (TPSA) is 54.4 Å². The van der Waals surface area contributed by atoms with Gasteiger partial charge in [0.2, 0.25) is 0 Å². The number of carbonyl (C=O) groups excluding carboxylic acids is 1. The molecule has 0 aliphatic carbocycles. The minimum absolute atomic E-state index is 0.0669. The number of aldehydes is 1. The van der Waals surface area contributed by atoms with E-state index in [0.29, 0.717) is 17.4 Å². The van der Waals surface area contributed by atoms with Crippen LogP contribution in [-0.2, 0) is 4.79 Å². The van der Waals surface area contributed by atoms with Crippen molar-refractivity contribution in [1.82, 2.24) is 0 Å². The highest BCUT2D eigenvalue weighted by molar-refractivity contribution is 6.16. The Morgan fingerprint density at radius 3 is 2.54 bits per heavy atom. The van der Waals surface area contributed by atoms with Gasteiger partial charge in [0.15, 0.2) is 6.29 Å². The van der Waals surface area contributed by atoms with Crippen LogP contribution in [0.1, 0.15) is 15.9 Å². The van der Waals surface area contributed by atoms with Gasteiger partial charge in [-0.25, -0.2) is 4.79 Å². The average molecular weight is 176 g/mol. The highest BCUT2D eigenvalue weighted by atomic mass is 16.4. The summed E-state index contributed by atoms with van der Waals surface area (Å²) in [5, 5.41) is 8.64. The fourth-order valence-corrected chi connectivity index (χ4v) is 0.990. The number of rotatable bonds is 3. The molecule has 0 bridgehead atoms. The van der Waals surface area contributed by atoms with Crippen LogP contribution in [0.25, 0.3) is 5.57 Å². The van der Waals surface area contributed by atoms with Gasteiger partial charge >= 0.3 is 5.97 Å². The molecular weight excluding hydrogens is 168 g/mol. The van der Waals surface area contributed by atoms with Gasteiger partial charge in [0.1, 0.15) is 0 Å². The van der Waals surface area contributed by atoms with Gasteiger partial charge in [0.05, 0.1) is 5.57 Å². The van der Waals surface area contributed by atoms with E-state index in [1.54, 1.807) is 24.3 Å². The van der Waals surface area contributed by atoms with E-state index >= 15 is 0 Å². The average Bonchev–Trinajstić information content (AvgIpc) is 2.16. The molecule has 0 saturated heterocycles. The molecule has 3 nitrogen and oxygen atoms in total. The molecule has 0 saturated carbocycles. The Morgan fingerprint density at radius 2 is 2.00 bits per heavy atom. The lowest BCUT2D eigenvalue weighted by molar-refractivity contribution is -0.130. The van der Waals surface area contributed by atoms with Crippen molar-refractivity contribution in [2.24, 2.45) is 0 Å². The first-order valence-corrected chi connectivity index (χ1v) is 3.63. The SMILES string of the molecule is C=C(C(=O)O)c1ccccc1C=O. The lowest BCUT2D eigenvalue weighted by Gasteiger charge is -2.02. The van der Waals surface area contributed by atoms with Gasteiger partial charge in [0, 0.05) is 5.56 Å². The molecular formula is C10H8O3. The van der Waals surface area contributed by atoms with Gasteiger partial charge in [-0.1, -0.05) is 30.8 Å². The van der Waals surface area contributed by atoms with Crippen molar-refractivity contribution >= 4 is 17.8 Å². The Morgan fingerprint density at radius 1 is 1.38 bits per heavy atom. The first-order chi connectivity index (χ1) is 6.16. The molecule has 0 aliphatic rings. The van der Waals surface area contributed by atoms with Crippen molar-refractivity contribution in [2.75, 3.05) is 0 Å². The first kappa shape index (κ1) is 9.19. The second-order valence-corrected chi connectivity index (χ2v) is 2.49. The second-order valence-electron chi connectivity index (χ2n) is 2.49. The number of hydrogen-bond acceptors (Lipinski definition) is 2. The molecule has 0 aliphatic heterocycles. The Balaban J connectivity index is 3.20. The number of benzene rings is 1. The largest absolute Gasteiger partial charge is 0.478 e. The minimum Gasteiger partial charge on any atom is -0.478 e. The highest BCUT2D eigenvalue weighted by Crippen LogP contribution is 2.15. The smallest absolute Gasteiger partial charge is 0.335 e. The van der Waals surface area contributed by atoms with Gasteiger partial charge < -0.3 is 5.11 Å². The summed E-state index contributed by atoms with van der Waals surface area (Å²) in [6, 6.07) is 6.44. The molecule has 66 valence electrons. The number of hydrogen-bond donors (Lipinski definition) is 1. The van der Waals surface area contributed by atoms with Gasteiger partial charge in [-0.05, 0) is 5.56 Å². The number of carboxylic acids is 1. The van der Waals surface area contributed by atoms with Crippen molar-refractivity contribution in [2.45, 2.75) is 0 Å². The predicted molar refractivity (Wildman–Crippen MR) is 48.5 cm³/mol. The zero-order valence-electron chi connectivity index (χ0n) is 6.86. The summed E-state index contributed by atoms with van der Waals surface area (Å²) in [5.74, 6) is -1.12. The fraction of sp³-hybridized carbons (Fsp3) is 0. The number of carbonyl (C=O) groups is 2. The molecule has 0 spiro atoms. The van der Waals surface area contributed by atoms with E-state index in [9.17, 15) is 9.59 Å². The van der Waals surface area contributed by atoms with Crippen molar-refractivity contribution in [3.63, 3.8) is 0 Å². The predicted octanol–water partition coefficient (Wildman–Crippen LogP) is 1.60. The van der Waals surface area contributed by atoms with E-state index in [2.05, 4.69) is 6.58 Å². The van der Waals surface area contributed by atoms with E-state index in [-0.39, 0.29) is 5.57 Å². The molecule has 13 heavy (non-hydrogen) atoms. The molecule has 1 aromatic rings. The third kappa shape index (κ3) is 1.82. The Labute approximate surface area is 75.3 Å². The van der Waals surface area contributed by atoms with Crippen molar-refractivity contribution < 1.29 is 14.7 Å². The summed E-state index contributed by atoms with van der Waals surface area (Å²) < 4.78 is 0. The second kappa shape index (κ2) is 3.67.